The highest BCUT2D eigenvalue weighted by molar-refractivity contribution is 6.32. The van der Waals surface area contributed by atoms with Crippen LogP contribution in [-0.4, -0.2) is 13.0 Å². The molecule has 0 unspecified atom stereocenters. The Morgan fingerprint density at radius 1 is 1.00 bits per heavy atom. The Balaban J connectivity index is 3.46. The number of alkyl halides is 8. The third kappa shape index (κ3) is 4.29. The Morgan fingerprint density at radius 3 is 1.95 bits per heavy atom. The van der Waals surface area contributed by atoms with E-state index in [0.717, 1.165) is 0 Å². The number of halogens is 9. The van der Waals surface area contributed by atoms with Gasteiger partial charge in [-0.15, -0.1) is 13.2 Å². The number of hydrogen-bond donors (Lipinski definition) is 0. The van der Waals surface area contributed by atoms with Gasteiger partial charge in [0.05, 0.1) is 5.02 Å². The van der Waals surface area contributed by atoms with Crippen molar-refractivity contribution in [1.82, 2.24) is 0 Å². The molecule has 0 aliphatic carbocycles. The molecule has 0 bridgehead atoms. The average Bonchev–Trinajstić information content (AvgIpc) is 2.18. The van der Waals surface area contributed by atoms with Crippen LogP contribution in [-0.2, 0) is 6.18 Å². The van der Waals surface area contributed by atoms with E-state index in [4.69, 9.17) is 11.6 Å². The van der Waals surface area contributed by atoms with E-state index >= 15 is 0 Å². The third-order valence-electron chi connectivity index (χ3n) is 1.79. The summed E-state index contributed by atoms with van der Waals surface area (Å²) < 4.78 is 105. The van der Waals surface area contributed by atoms with Gasteiger partial charge in [0.1, 0.15) is 11.3 Å². The summed E-state index contributed by atoms with van der Waals surface area (Å²) in [6.07, 6.45) is -10.9. The normalized spacial score (nSPS) is 12.7. The van der Waals surface area contributed by atoms with Gasteiger partial charge < -0.3 is 9.47 Å². The molecule has 0 saturated heterocycles. The fourth-order valence-electron chi connectivity index (χ4n) is 1.22. The number of ether oxygens (including phenoxy) is 2. The monoisotopic (exact) mass is 330 g/mol. The van der Waals surface area contributed by atoms with Crippen LogP contribution in [0.2, 0.25) is 5.02 Å². The van der Waals surface area contributed by atoms with Gasteiger partial charge in [0.25, 0.3) is 0 Å². The lowest BCUT2D eigenvalue weighted by Gasteiger charge is -2.19. The lowest BCUT2D eigenvalue weighted by molar-refractivity contribution is -0.276. The van der Waals surface area contributed by atoms with Gasteiger partial charge in [-0.2, -0.15) is 22.0 Å². The summed E-state index contributed by atoms with van der Waals surface area (Å²) in [5.74, 6) is -3.39. The van der Waals surface area contributed by atoms with E-state index in [1.165, 1.54) is 0 Å². The predicted molar refractivity (Wildman–Crippen MR) is 49.8 cm³/mol. The van der Waals surface area contributed by atoms with Crippen LogP contribution in [0.25, 0.3) is 0 Å². The summed E-state index contributed by atoms with van der Waals surface area (Å²) in [5, 5.41) is -1.06. The largest absolute Gasteiger partial charge is 0.573 e. The fraction of sp³-hybridized carbons (Fsp3) is 0.333. The zero-order valence-electron chi connectivity index (χ0n) is 8.95. The Kier molecular flexibility index (Phi) is 4.57. The van der Waals surface area contributed by atoms with E-state index in [-0.39, 0.29) is 0 Å². The van der Waals surface area contributed by atoms with E-state index in [0.29, 0.717) is 12.1 Å². The minimum absolute atomic E-state index is 0.362. The van der Waals surface area contributed by atoms with Gasteiger partial charge in [0.2, 0.25) is 0 Å². The van der Waals surface area contributed by atoms with Crippen molar-refractivity contribution in [3.8, 4) is 11.5 Å². The molecule has 11 heteroatoms. The maximum Gasteiger partial charge on any atom is 0.573 e. The molecule has 0 saturated carbocycles. The van der Waals surface area contributed by atoms with Crippen LogP contribution in [0.5, 0.6) is 11.5 Å². The smallest absolute Gasteiger partial charge is 0.434 e. The molecule has 0 fully saturated rings. The number of benzene rings is 1. The summed E-state index contributed by atoms with van der Waals surface area (Å²) in [5.41, 5.74) is -2.18. The van der Waals surface area contributed by atoms with Crippen LogP contribution in [0.4, 0.5) is 35.1 Å². The molecule has 0 atom stereocenters. The molecule has 0 aliphatic heterocycles. The average molecular weight is 331 g/mol. The lowest BCUT2D eigenvalue weighted by Crippen LogP contribution is -2.21. The van der Waals surface area contributed by atoms with E-state index in [1.54, 1.807) is 0 Å². The van der Waals surface area contributed by atoms with Crippen molar-refractivity contribution in [3.05, 3.63) is 22.7 Å². The van der Waals surface area contributed by atoms with E-state index in [2.05, 4.69) is 9.47 Å². The van der Waals surface area contributed by atoms with Crippen LogP contribution >= 0.6 is 11.6 Å². The van der Waals surface area contributed by atoms with Crippen molar-refractivity contribution in [2.45, 2.75) is 19.2 Å². The van der Waals surface area contributed by atoms with Crippen molar-refractivity contribution >= 4 is 11.6 Å². The van der Waals surface area contributed by atoms with E-state index < -0.39 is 41.2 Å². The summed E-state index contributed by atoms with van der Waals surface area (Å²) in [6.45, 7) is -3.67. The predicted octanol–water partition coefficient (Wildman–Crippen LogP) is 4.86. The highest BCUT2D eigenvalue weighted by Gasteiger charge is 2.43. The Morgan fingerprint density at radius 2 is 1.55 bits per heavy atom. The first-order valence-corrected chi connectivity index (χ1v) is 4.90. The van der Waals surface area contributed by atoms with Gasteiger partial charge in [0.15, 0.2) is 5.75 Å². The van der Waals surface area contributed by atoms with Gasteiger partial charge in [-0.3, -0.25) is 0 Å². The molecule has 0 aromatic heterocycles. The maximum atomic E-state index is 12.7. The fourth-order valence-corrected chi connectivity index (χ4v) is 1.41. The molecule has 114 valence electrons. The molecule has 1 rings (SSSR count). The van der Waals surface area contributed by atoms with Crippen molar-refractivity contribution < 1.29 is 44.6 Å². The van der Waals surface area contributed by atoms with Crippen molar-refractivity contribution in [1.29, 1.82) is 0 Å². The molecule has 0 heterocycles. The molecule has 0 aliphatic rings. The lowest BCUT2D eigenvalue weighted by atomic mass is 10.1. The summed E-state index contributed by atoms with van der Waals surface area (Å²) in [4.78, 5) is 0. The van der Waals surface area contributed by atoms with Crippen LogP contribution in [0, 0.1) is 0 Å². The number of hydrogen-bond acceptors (Lipinski definition) is 2. The zero-order valence-corrected chi connectivity index (χ0v) is 9.71. The molecule has 0 radical (unpaired) electrons. The first kappa shape index (κ1) is 16.6. The maximum absolute atomic E-state index is 12.7. The molecular formula is C9H3ClF8O2. The highest BCUT2D eigenvalue weighted by Crippen LogP contribution is 2.47. The zero-order chi connectivity index (χ0) is 15.7. The first-order valence-electron chi connectivity index (χ1n) is 4.52. The molecule has 0 spiro atoms. The van der Waals surface area contributed by atoms with Crippen LogP contribution in [0.15, 0.2) is 12.1 Å². The summed E-state index contributed by atoms with van der Waals surface area (Å²) in [6, 6.07) is 0.871. The third-order valence-corrected chi connectivity index (χ3v) is 2.09. The van der Waals surface area contributed by atoms with Gasteiger partial charge in [-0.25, -0.2) is 0 Å². The molecule has 0 amide bonds. The molecule has 20 heavy (non-hydrogen) atoms. The van der Waals surface area contributed by atoms with Gasteiger partial charge in [0, 0.05) is 0 Å². The summed E-state index contributed by atoms with van der Waals surface area (Å²) in [7, 11) is 0. The van der Waals surface area contributed by atoms with Gasteiger partial charge in [-0.1, -0.05) is 11.6 Å². The van der Waals surface area contributed by atoms with Crippen LogP contribution in [0.1, 0.15) is 5.56 Å². The molecule has 0 N–H and O–H groups in total. The second kappa shape index (κ2) is 5.51. The van der Waals surface area contributed by atoms with E-state index in [1.807, 2.05) is 0 Å². The molecule has 1 aromatic rings. The Hall–Kier alpha value is -1.45. The first-order chi connectivity index (χ1) is 8.92. The number of rotatable bonds is 3. The van der Waals surface area contributed by atoms with Crippen LogP contribution in [0.3, 0.4) is 0 Å². The molecular weight excluding hydrogens is 328 g/mol. The minimum atomic E-state index is -5.49. The van der Waals surface area contributed by atoms with Crippen LogP contribution < -0.4 is 9.47 Å². The topological polar surface area (TPSA) is 18.5 Å². The highest BCUT2D eigenvalue weighted by atomic mass is 35.5. The Labute approximate surface area is 110 Å². The van der Waals surface area contributed by atoms with Crippen molar-refractivity contribution in [2.75, 3.05) is 0 Å². The van der Waals surface area contributed by atoms with Gasteiger partial charge >= 0.3 is 19.2 Å². The van der Waals surface area contributed by atoms with Gasteiger partial charge in [-0.05, 0) is 12.1 Å². The second-order valence-electron chi connectivity index (χ2n) is 3.17. The molecule has 2 nitrogen and oxygen atoms in total. The SMILES string of the molecule is FC(F)Oc1ccc(Cl)c(OC(F)(F)F)c1C(F)(F)F. The molecule has 1 aromatic carbocycles. The second-order valence-corrected chi connectivity index (χ2v) is 3.58. The Bertz CT molecular complexity index is 482. The van der Waals surface area contributed by atoms with Crippen molar-refractivity contribution in [2.24, 2.45) is 0 Å². The minimum Gasteiger partial charge on any atom is -0.434 e. The standard InChI is InChI=1S/C9H3ClF8O2/c10-3-1-2-4(19-7(11)12)5(8(13,14)15)6(3)20-9(16,17)18/h1-2,7H. The van der Waals surface area contributed by atoms with Crippen molar-refractivity contribution in [3.63, 3.8) is 0 Å². The van der Waals surface area contributed by atoms with E-state index in [9.17, 15) is 35.1 Å². The summed E-state index contributed by atoms with van der Waals surface area (Å²) >= 11 is 5.18. The quantitative estimate of drug-likeness (QED) is 0.737.